The minimum atomic E-state index is -0.0761. The highest BCUT2D eigenvalue weighted by Crippen LogP contribution is 2.55. The normalized spacial score (nSPS) is 15.7. The van der Waals surface area contributed by atoms with Gasteiger partial charge in [-0.3, -0.25) is 0 Å². The Bertz CT molecular complexity index is 2510. The van der Waals surface area contributed by atoms with Gasteiger partial charge in [0.1, 0.15) is 7.85 Å². The molecule has 0 fully saturated rings. The van der Waals surface area contributed by atoms with Crippen LogP contribution < -0.4 is 26.6 Å². The number of nitrogens with zero attached hydrogens (tertiary/aromatic N) is 1. The summed E-state index contributed by atoms with van der Waals surface area (Å²) >= 11 is 0. The molecule has 51 heavy (non-hydrogen) atoms. The fraction of sp³-hybridized carbons (Fsp3) is 0.149. The number of para-hydroxylation sites is 2. The van der Waals surface area contributed by atoms with Crippen LogP contribution in [0.15, 0.2) is 139 Å². The van der Waals surface area contributed by atoms with Gasteiger partial charge in [-0.1, -0.05) is 140 Å². The van der Waals surface area contributed by atoms with Gasteiger partial charge in [0.2, 0.25) is 0 Å². The molecular weight excluding hydrogens is 614 g/mol. The molecule has 0 saturated heterocycles. The lowest BCUT2D eigenvalue weighted by Crippen LogP contribution is -2.48. The van der Waals surface area contributed by atoms with E-state index in [1.165, 1.54) is 83.6 Å². The molecule has 0 unspecified atom stereocenters. The van der Waals surface area contributed by atoms with Crippen LogP contribution in [0, 0.1) is 6.92 Å². The van der Waals surface area contributed by atoms with Gasteiger partial charge in [-0.05, 0) is 93.9 Å². The van der Waals surface area contributed by atoms with Gasteiger partial charge in [0.05, 0.1) is 5.69 Å². The smallest absolute Gasteiger partial charge is 0.197 e. The molecule has 1 N–H and O–H groups in total. The van der Waals surface area contributed by atoms with Crippen LogP contribution in [0.1, 0.15) is 48.9 Å². The van der Waals surface area contributed by atoms with Crippen LogP contribution in [0.5, 0.6) is 0 Å². The van der Waals surface area contributed by atoms with Gasteiger partial charge in [-0.2, -0.15) is 0 Å². The predicted molar refractivity (Wildman–Crippen MR) is 217 cm³/mol. The van der Waals surface area contributed by atoms with E-state index in [9.17, 15) is 0 Å². The minimum Gasteiger partial charge on any atom is -0.354 e. The van der Waals surface area contributed by atoms with E-state index in [0.717, 1.165) is 41.7 Å². The molecule has 0 amide bonds. The molecule has 3 radical (unpaired) electrons. The summed E-state index contributed by atoms with van der Waals surface area (Å²) in [5, 5.41) is 3.97. The molecule has 4 heteroatoms. The SMILES string of the molecule is [B]c1ccc(Nc2c(-c3ccccc3)cccc2-c2c3c(cc4c2-c2ccccc2C4)N2C4=CCCC=C4C(C)(C)c4cccc(c42)[B]3)c(C)c1. The zero-order valence-electron chi connectivity index (χ0n) is 29.3. The van der Waals surface area contributed by atoms with Crippen LogP contribution in [0.4, 0.5) is 22.7 Å². The third kappa shape index (κ3) is 4.52. The Morgan fingerprint density at radius 1 is 0.725 bits per heavy atom. The molecule has 6 aromatic rings. The monoisotopic (exact) mass is 651 g/mol. The second kappa shape index (κ2) is 11.3. The molecule has 0 saturated carbocycles. The molecule has 0 atom stereocenters. The summed E-state index contributed by atoms with van der Waals surface area (Å²) in [7, 11) is 8.72. The van der Waals surface area contributed by atoms with Crippen LogP contribution in [0.2, 0.25) is 0 Å². The van der Waals surface area contributed by atoms with Crippen molar-refractivity contribution in [2.24, 2.45) is 0 Å². The number of allylic oxidation sites excluding steroid dienone is 3. The number of fused-ring (bicyclic) bond motifs is 7. The average Bonchev–Trinajstić information content (AvgIpc) is 3.52. The van der Waals surface area contributed by atoms with Gasteiger partial charge in [0.15, 0.2) is 7.28 Å². The van der Waals surface area contributed by atoms with E-state index in [0.29, 0.717) is 0 Å². The summed E-state index contributed by atoms with van der Waals surface area (Å²) in [6.07, 6.45) is 8.04. The molecule has 0 bridgehead atoms. The second-order valence-corrected chi connectivity index (χ2v) is 15.0. The highest BCUT2D eigenvalue weighted by Gasteiger charge is 2.44. The number of anilines is 4. The van der Waals surface area contributed by atoms with E-state index in [1.54, 1.807) is 0 Å². The topological polar surface area (TPSA) is 15.3 Å². The lowest BCUT2D eigenvalue weighted by Gasteiger charge is -2.49. The second-order valence-electron chi connectivity index (χ2n) is 15.0. The summed E-state index contributed by atoms with van der Waals surface area (Å²) in [6.45, 7) is 6.93. The minimum absolute atomic E-state index is 0.0761. The van der Waals surface area contributed by atoms with Crippen molar-refractivity contribution in [1.82, 2.24) is 0 Å². The Kier molecular flexibility index (Phi) is 6.71. The number of nitrogens with one attached hydrogen (secondary N) is 1. The summed E-state index contributed by atoms with van der Waals surface area (Å²) < 4.78 is 0. The van der Waals surface area contributed by atoms with E-state index < -0.39 is 0 Å². The van der Waals surface area contributed by atoms with Crippen LogP contribution >= 0.6 is 0 Å². The number of aryl methyl sites for hydroxylation is 1. The Balaban J connectivity index is 1.30. The fourth-order valence-corrected chi connectivity index (χ4v) is 9.19. The lowest BCUT2D eigenvalue weighted by molar-refractivity contribution is 0.603. The molecular formula is C47H37B2N2. The highest BCUT2D eigenvalue weighted by molar-refractivity contribution is 6.73. The number of rotatable bonds is 4. The van der Waals surface area contributed by atoms with Gasteiger partial charge in [0, 0.05) is 39.3 Å². The lowest BCUT2D eigenvalue weighted by atomic mass is 9.54. The van der Waals surface area contributed by atoms with Gasteiger partial charge in [-0.25, -0.2) is 0 Å². The first-order valence-corrected chi connectivity index (χ1v) is 18.2. The quantitative estimate of drug-likeness (QED) is 0.191. The highest BCUT2D eigenvalue weighted by atomic mass is 15.2. The van der Waals surface area contributed by atoms with Crippen molar-refractivity contribution in [1.29, 1.82) is 0 Å². The molecule has 2 aliphatic carbocycles. The largest absolute Gasteiger partial charge is 0.354 e. The summed E-state index contributed by atoms with van der Waals surface area (Å²) in [6, 6.07) is 42.1. The number of hydrogen-bond acceptors (Lipinski definition) is 2. The van der Waals surface area contributed by atoms with Crippen LogP contribution in [-0.2, 0) is 11.8 Å². The maximum absolute atomic E-state index is 6.24. The summed E-state index contributed by atoms with van der Waals surface area (Å²) in [5.41, 5.74) is 23.5. The third-order valence-corrected chi connectivity index (χ3v) is 11.6. The molecule has 4 aliphatic rings. The zero-order chi connectivity index (χ0) is 34.4. The van der Waals surface area contributed by atoms with Crippen LogP contribution in [-0.4, -0.2) is 15.1 Å². The number of benzene rings is 6. The first-order chi connectivity index (χ1) is 24.9. The molecule has 0 spiro atoms. The van der Waals surface area contributed by atoms with Crippen LogP contribution in [0.3, 0.4) is 0 Å². The van der Waals surface area contributed by atoms with Crippen molar-refractivity contribution in [2.75, 3.05) is 10.2 Å². The third-order valence-electron chi connectivity index (χ3n) is 11.6. The molecule has 241 valence electrons. The molecule has 2 nitrogen and oxygen atoms in total. The molecule has 2 aliphatic heterocycles. The first-order valence-electron chi connectivity index (χ1n) is 18.2. The standard InChI is InChI=1S/C47H37B2N2/c1-28-25-32(48)23-24-39(28)50-45-34(29-13-5-4-6-14-29)17-11-18-35(45)43-42-31(26-30-15-7-8-16-33(30)42)27-41-44(43)49-38-21-12-20-37-46(38)51(41)40-22-10-9-19-36(40)47(37,2)3/h4-8,11-25,27,50H,9-10,26H2,1-3H3. The van der Waals surface area contributed by atoms with Gasteiger partial charge >= 0.3 is 0 Å². The number of hydrogen-bond donors (Lipinski definition) is 1. The van der Waals surface area contributed by atoms with E-state index in [4.69, 9.17) is 7.85 Å². The maximum Gasteiger partial charge on any atom is 0.197 e. The van der Waals surface area contributed by atoms with Gasteiger partial charge < -0.3 is 10.2 Å². The van der Waals surface area contributed by atoms with Crippen molar-refractivity contribution >= 4 is 54.3 Å². The first kappa shape index (κ1) is 30.4. The van der Waals surface area contributed by atoms with E-state index in [2.05, 4.69) is 160 Å². The zero-order valence-corrected chi connectivity index (χ0v) is 29.3. The predicted octanol–water partition coefficient (Wildman–Crippen LogP) is 9.44. The average molecular weight is 651 g/mol. The van der Waals surface area contributed by atoms with Crippen molar-refractivity contribution in [3.63, 3.8) is 0 Å². The van der Waals surface area contributed by atoms with Crippen molar-refractivity contribution in [2.45, 2.75) is 45.4 Å². The van der Waals surface area contributed by atoms with E-state index >= 15 is 0 Å². The van der Waals surface area contributed by atoms with Gasteiger partial charge in [0.25, 0.3) is 0 Å². The van der Waals surface area contributed by atoms with Crippen molar-refractivity contribution in [3.05, 3.63) is 161 Å². The Morgan fingerprint density at radius 2 is 1.49 bits per heavy atom. The Hall–Kier alpha value is -5.47. The van der Waals surface area contributed by atoms with Crippen LogP contribution in [0.25, 0.3) is 33.4 Å². The molecule has 2 heterocycles. The molecule has 0 aromatic heterocycles. The Morgan fingerprint density at radius 3 is 2.35 bits per heavy atom. The molecule has 10 rings (SSSR count). The van der Waals surface area contributed by atoms with E-state index in [-0.39, 0.29) is 5.41 Å². The van der Waals surface area contributed by atoms with E-state index in [1.807, 2.05) is 6.07 Å². The van der Waals surface area contributed by atoms with Gasteiger partial charge in [-0.15, -0.1) is 0 Å². The van der Waals surface area contributed by atoms with Crippen molar-refractivity contribution in [3.8, 4) is 33.4 Å². The summed E-state index contributed by atoms with van der Waals surface area (Å²) in [4.78, 5) is 2.61. The maximum atomic E-state index is 6.24. The summed E-state index contributed by atoms with van der Waals surface area (Å²) in [5.74, 6) is 0. The Labute approximate surface area is 303 Å². The fourth-order valence-electron chi connectivity index (χ4n) is 9.19. The van der Waals surface area contributed by atoms with Crippen molar-refractivity contribution < 1.29 is 0 Å². The molecule has 6 aromatic carbocycles.